The Morgan fingerprint density at radius 1 is 1.64 bits per heavy atom. The number of carbonyl (C=O) groups is 1. The highest BCUT2D eigenvalue weighted by atomic mass is 16.7. The third-order valence-corrected chi connectivity index (χ3v) is 1.02. The summed E-state index contributed by atoms with van der Waals surface area (Å²) in [6.07, 6.45) is 0.915. The molecule has 1 radical (unpaired) electrons. The van der Waals surface area contributed by atoms with Crippen molar-refractivity contribution in [1.82, 2.24) is 0 Å². The summed E-state index contributed by atoms with van der Waals surface area (Å²) < 4.78 is 9.32. The van der Waals surface area contributed by atoms with E-state index in [1.165, 1.54) is 0 Å². The molecule has 1 unspecified atom stereocenters. The van der Waals surface area contributed by atoms with Gasteiger partial charge in [-0.15, -0.1) is 0 Å². The highest BCUT2D eigenvalue weighted by Gasteiger charge is 2.04. The summed E-state index contributed by atoms with van der Waals surface area (Å²) >= 11 is 0. The van der Waals surface area contributed by atoms with E-state index in [0.29, 0.717) is 6.61 Å². The van der Waals surface area contributed by atoms with Crippen molar-refractivity contribution in [3.8, 4) is 0 Å². The monoisotopic (exact) mass is 159 g/mol. The second-order valence-electron chi connectivity index (χ2n) is 2.38. The Morgan fingerprint density at radius 3 is 2.73 bits per heavy atom. The highest BCUT2D eigenvalue weighted by molar-refractivity contribution is 5.60. The van der Waals surface area contributed by atoms with Gasteiger partial charge in [0, 0.05) is 0 Å². The van der Waals surface area contributed by atoms with Gasteiger partial charge in [0.2, 0.25) is 0 Å². The molecule has 0 aromatic carbocycles. The fraction of sp³-hybridized carbons (Fsp3) is 0.750. The van der Waals surface area contributed by atoms with Crippen molar-refractivity contribution in [3.63, 3.8) is 0 Å². The quantitative estimate of drug-likeness (QED) is 0.465. The van der Waals surface area contributed by atoms with Gasteiger partial charge in [-0.25, -0.2) is 4.79 Å². The minimum atomic E-state index is -0.624. The summed E-state index contributed by atoms with van der Waals surface area (Å²) in [5, 5.41) is 0. The lowest BCUT2D eigenvalue weighted by molar-refractivity contribution is 0.0405. The Hall–Kier alpha value is -0.730. The Labute approximate surface area is 67.7 Å². The summed E-state index contributed by atoms with van der Waals surface area (Å²) in [6, 6.07) is 0. The molecule has 0 saturated heterocycles. The van der Waals surface area contributed by atoms with Gasteiger partial charge in [-0.2, -0.15) is 0 Å². The SMILES string of the molecule is [CH2]C(C)OC(=O)OCCCC. The first-order chi connectivity index (χ1) is 5.16. The first-order valence-electron chi connectivity index (χ1n) is 3.83. The average molecular weight is 159 g/mol. The van der Waals surface area contributed by atoms with E-state index in [0.717, 1.165) is 12.8 Å². The van der Waals surface area contributed by atoms with E-state index in [4.69, 9.17) is 4.74 Å². The summed E-state index contributed by atoms with van der Waals surface area (Å²) in [5.41, 5.74) is 0. The maximum Gasteiger partial charge on any atom is 0.508 e. The Balaban J connectivity index is 3.23. The van der Waals surface area contributed by atoms with Crippen molar-refractivity contribution in [2.45, 2.75) is 32.8 Å². The zero-order valence-electron chi connectivity index (χ0n) is 7.13. The van der Waals surface area contributed by atoms with Crippen LogP contribution in [0.3, 0.4) is 0 Å². The molecule has 0 bridgehead atoms. The molecule has 1 atom stereocenters. The molecule has 3 heteroatoms. The second kappa shape index (κ2) is 6.01. The molecule has 0 aliphatic heterocycles. The van der Waals surface area contributed by atoms with Crippen LogP contribution < -0.4 is 0 Å². The minimum Gasteiger partial charge on any atom is -0.434 e. The van der Waals surface area contributed by atoms with Gasteiger partial charge in [-0.05, 0) is 20.3 Å². The molecule has 0 aromatic heterocycles. The first-order valence-corrected chi connectivity index (χ1v) is 3.83. The fourth-order valence-corrected chi connectivity index (χ4v) is 0.498. The molecule has 0 rings (SSSR count). The maximum atomic E-state index is 10.6. The summed E-state index contributed by atoms with van der Waals surface area (Å²) in [5.74, 6) is 0. The minimum absolute atomic E-state index is 0.343. The number of hydrogen-bond acceptors (Lipinski definition) is 3. The van der Waals surface area contributed by atoms with Gasteiger partial charge in [0.15, 0.2) is 0 Å². The average Bonchev–Trinajstić information content (AvgIpc) is 1.86. The lowest BCUT2D eigenvalue weighted by atomic mass is 10.4. The zero-order chi connectivity index (χ0) is 8.69. The topological polar surface area (TPSA) is 35.5 Å². The largest absolute Gasteiger partial charge is 0.508 e. The Kier molecular flexibility index (Phi) is 5.61. The molecule has 0 aliphatic rings. The predicted molar refractivity (Wildman–Crippen MR) is 42.2 cm³/mol. The van der Waals surface area contributed by atoms with Gasteiger partial charge in [0.1, 0.15) is 6.10 Å². The second-order valence-corrected chi connectivity index (χ2v) is 2.38. The standard InChI is InChI=1S/C8H15O3/c1-4-5-6-10-8(9)11-7(2)3/h7H,2,4-6H2,1,3H3. The smallest absolute Gasteiger partial charge is 0.434 e. The molecule has 65 valence electrons. The van der Waals surface area contributed by atoms with Crippen molar-refractivity contribution < 1.29 is 14.3 Å². The van der Waals surface area contributed by atoms with Crippen LogP contribution in [0, 0.1) is 6.92 Å². The van der Waals surface area contributed by atoms with E-state index in [1.54, 1.807) is 6.92 Å². The highest BCUT2D eigenvalue weighted by Crippen LogP contribution is 1.94. The predicted octanol–water partition coefficient (Wildman–Crippen LogP) is 2.16. The van der Waals surface area contributed by atoms with Crippen molar-refractivity contribution in [2.24, 2.45) is 0 Å². The summed E-state index contributed by atoms with van der Waals surface area (Å²) in [4.78, 5) is 10.6. The van der Waals surface area contributed by atoms with Crippen LogP contribution in [0.5, 0.6) is 0 Å². The third kappa shape index (κ3) is 7.16. The first kappa shape index (κ1) is 10.3. The molecule has 0 amide bonds. The maximum absolute atomic E-state index is 10.6. The molecule has 11 heavy (non-hydrogen) atoms. The number of rotatable bonds is 4. The Bertz CT molecular complexity index is 110. The van der Waals surface area contributed by atoms with Crippen molar-refractivity contribution in [1.29, 1.82) is 0 Å². The van der Waals surface area contributed by atoms with Crippen molar-refractivity contribution >= 4 is 6.16 Å². The molecule has 0 spiro atoms. The lowest BCUT2D eigenvalue weighted by Crippen LogP contribution is -2.13. The number of ether oxygens (including phenoxy) is 2. The normalized spacial score (nSPS) is 9.82. The zero-order valence-corrected chi connectivity index (χ0v) is 7.13. The Morgan fingerprint density at radius 2 is 2.27 bits per heavy atom. The van der Waals surface area contributed by atoms with E-state index in [-0.39, 0.29) is 6.10 Å². The van der Waals surface area contributed by atoms with Gasteiger partial charge >= 0.3 is 6.16 Å². The van der Waals surface area contributed by atoms with E-state index in [2.05, 4.69) is 11.7 Å². The van der Waals surface area contributed by atoms with E-state index >= 15 is 0 Å². The molecular formula is C8H15O3. The molecule has 0 saturated carbocycles. The van der Waals surface area contributed by atoms with E-state index in [1.807, 2.05) is 6.92 Å². The molecule has 0 aromatic rings. The van der Waals surface area contributed by atoms with Crippen LogP contribution in [-0.2, 0) is 9.47 Å². The molecule has 3 nitrogen and oxygen atoms in total. The van der Waals surface area contributed by atoms with Gasteiger partial charge in [0.05, 0.1) is 6.61 Å². The molecule has 0 fully saturated rings. The van der Waals surface area contributed by atoms with Crippen LogP contribution in [0.25, 0.3) is 0 Å². The van der Waals surface area contributed by atoms with Gasteiger partial charge in [0.25, 0.3) is 0 Å². The number of hydrogen-bond donors (Lipinski definition) is 0. The van der Waals surface area contributed by atoms with Crippen LogP contribution in [0.15, 0.2) is 0 Å². The number of unbranched alkanes of at least 4 members (excludes halogenated alkanes) is 1. The van der Waals surface area contributed by atoms with Crippen LogP contribution in [0.2, 0.25) is 0 Å². The van der Waals surface area contributed by atoms with E-state index in [9.17, 15) is 4.79 Å². The lowest BCUT2D eigenvalue weighted by Gasteiger charge is -2.07. The molecule has 0 heterocycles. The van der Waals surface area contributed by atoms with Gasteiger partial charge in [-0.3, -0.25) is 0 Å². The molecule has 0 N–H and O–H groups in total. The third-order valence-electron chi connectivity index (χ3n) is 1.02. The van der Waals surface area contributed by atoms with Crippen molar-refractivity contribution in [3.05, 3.63) is 6.92 Å². The van der Waals surface area contributed by atoms with E-state index < -0.39 is 6.16 Å². The fourth-order valence-electron chi connectivity index (χ4n) is 0.498. The summed E-state index contributed by atoms with van der Waals surface area (Å²) in [7, 11) is 0. The van der Waals surface area contributed by atoms with Crippen LogP contribution in [0.1, 0.15) is 26.7 Å². The number of carbonyl (C=O) groups excluding carboxylic acids is 1. The van der Waals surface area contributed by atoms with Crippen LogP contribution >= 0.6 is 0 Å². The van der Waals surface area contributed by atoms with Gasteiger partial charge < -0.3 is 9.47 Å². The van der Waals surface area contributed by atoms with Crippen LogP contribution in [0.4, 0.5) is 4.79 Å². The molecule has 0 aliphatic carbocycles. The van der Waals surface area contributed by atoms with Crippen LogP contribution in [-0.4, -0.2) is 18.9 Å². The van der Waals surface area contributed by atoms with Crippen molar-refractivity contribution in [2.75, 3.05) is 6.61 Å². The van der Waals surface area contributed by atoms with Gasteiger partial charge in [-0.1, -0.05) is 13.3 Å². The molecular weight excluding hydrogens is 144 g/mol. The summed E-state index contributed by atoms with van der Waals surface area (Å²) in [6.45, 7) is 7.62.